The van der Waals surface area contributed by atoms with Gasteiger partial charge in [0.05, 0.1) is 21.9 Å². The van der Waals surface area contributed by atoms with Crippen LogP contribution in [0.5, 0.6) is 5.75 Å². The maximum absolute atomic E-state index is 11.8. The molecule has 0 spiro atoms. The zero-order valence-electron chi connectivity index (χ0n) is 12.6. The fourth-order valence-corrected chi connectivity index (χ4v) is 2.51. The monoisotopic (exact) mass is 443 g/mol. The zero-order chi connectivity index (χ0) is 18.4. The van der Waals surface area contributed by atoms with E-state index in [9.17, 15) is 14.7 Å². The van der Waals surface area contributed by atoms with Gasteiger partial charge in [-0.25, -0.2) is 5.43 Å². The SMILES string of the molecule is O=C(CC(=O)Nc1cccc(Cl)c1Cl)N/N=C/c1cc(Br)ccc1O. The number of benzene rings is 2. The standard InChI is InChI=1S/C16H12BrCl2N3O3/c17-10-4-5-13(23)9(6-10)8-20-22-15(25)7-14(24)21-12-3-1-2-11(18)16(12)19/h1-6,8,23H,7H2,(H,21,24)(H,22,25)/b20-8+. The Balaban J connectivity index is 1.89. The minimum atomic E-state index is -0.624. The second-order valence-corrected chi connectivity index (χ2v) is 6.52. The highest BCUT2D eigenvalue weighted by Crippen LogP contribution is 2.29. The molecular weight excluding hydrogens is 433 g/mol. The van der Waals surface area contributed by atoms with E-state index in [-0.39, 0.29) is 10.8 Å². The summed E-state index contributed by atoms with van der Waals surface area (Å²) in [7, 11) is 0. The van der Waals surface area contributed by atoms with Crippen molar-refractivity contribution in [3.05, 3.63) is 56.5 Å². The lowest BCUT2D eigenvalue weighted by Crippen LogP contribution is -2.24. The van der Waals surface area contributed by atoms with E-state index in [2.05, 4.69) is 31.8 Å². The summed E-state index contributed by atoms with van der Waals surface area (Å²) in [4.78, 5) is 23.6. The molecule has 9 heteroatoms. The molecule has 3 N–H and O–H groups in total. The lowest BCUT2D eigenvalue weighted by Gasteiger charge is -2.07. The maximum atomic E-state index is 11.8. The zero-order valence-corrected chi connectivity index (χ0v) is 15.7. The Labute approximate surface area is 162 Å². The Bertz CT molecular complexity index is 843. The molecule has 0 unspecified atom stereocenters. The lowest BCUT2D eigenvalue weighted by atomic mass is 10.2. The summed E-state index contributed by atoms with van der Waals surface area (Å²) in [6.07, 6.45) is 0.814. The predicted molar refractivity (Wildman–Crippen MR) is 101 cm³/mol. The molecule has 0 aromatic heterocycles. The molecule has 0 aliphatic heterocycles. The van der Waals surface area contributed by atoms with E-state index < -0.39 is 18.2 Å². The van der Waals surface area contributed by atoms with E-state index >= 15 is 0 Å². The van der Waals surface area contributed by atoms with Gasteiger partial charge in [-0.1, -0.05) is 45.2 Å². The van der Waals surface area contributed by atoms with Gasteiger partial charge >= 0.3 is 0 Å². The van der Waals surface area contributed by atoms with Crippen LogP contribution >= 0.6 is 39.1 Å². The molecule has 0 radical (unpaired) electrons. The van der Waals surface area contributed by atoms with Gasteiger partial charge in [0.25, 0.3) is 0 Å². The summed E-state index contributed by atoms with van der Waals surface area (Å²) < 4.78 is 0.746. The molecule has 0 aliphatic rings. The number of amides is 2. The number of hydrazone groups is 1. The van der Waals surface area contributed by atoms with E-state index in [1.165, 1.54) is 12.3 Å². The normalized spacial score (nSPS) is 10.7. The van der Waals surface area contributed by atoms with Crippen LogP contribution in [0.4, 0.5) is 5.69 Å². The first-order valence-electron chi connectivity index (χ1n) is 6.91. The fourth-order valence-electron chi connectivity index (χ4n) is 1.78. The average molecular weight is 445 g/mol. The Hall–Kier alpha value is -2.09. The van der Waals surface area contributed by atoms with Crippen LogP contribution in [0.2, 0.25) is 10.0 Å². The van der Waals surface area contributed by atoms with E-state index in [0.29, 0.717) is 16.3 Å². The molecule has 0 fully saturated rings. The van der Waals surface area contributed by atoms with Crippen molar-refractivity contribution < 1.29 is 14.7 Å². The van der Waals surface area contributed by atoms with Gasteiger partial charge in [0.2, 0.25) is 11.8 Å². The number of phenolic OH excluding ortho intramolecular Hbond substituents is 1. The fraction of sp³-hybridized carbons (Fsp3) is 0.0625. The predicted octanol–water partition coefficient (Wildman–Crippen LogP) is 3.94. The molecule has 0 aliphatic carbocycles. The molecule has 25 heavy (non-hydrogen) atoms. The molecule has 2 rings (SSSR count). The highest BCUT2D eigenvalue weighted by Gasteiger charge is 2.12. The van der Waals surface area contributed by atoms with Crippen LogP contribution in [0.1, 0.15) is 12.0 Å². The highest BCUT2D eigenvalue weighted by atomic mass is 79.9. The summed E-state index contributed by atoms with van der Waals surface area (Å²) in [6, 6.07) is 9.54. The number of rotatable bonds is 5. The quantitative estimate of drug-likeness (QED) is 0.370. The van der Waals surface area contributed by atoms with Gasteiger partial charge in [-0.05, 0) is 30.3 Å². The Kier molecular flexibility index (Phi) is 6.81. The molecule has 6 nitrogen and oxygen atoms in total. The van der Waals surface area contributed by atoms with E-state index in [1.54, 1.807) is 30.3 Å². The summed E-state index contributed by atoms with van der Waals surface area (Å²) in [5, 5.41) is 16.3. The second-order valence-electron chi connectivity index (χ2n) is 4.82. The van der Waals surface area contributed by atoms with E-state index in [4.69, 9.17) is 23.2 Å². The third kappa shape index (κ3) is 5.74. The molecule has 2 aromatic rings. The molecule has 0 atom stereocenters. The van der Waals surface area contributed by atoms with Gasteiger partial charge in [0, 0.05) is 10.0 Å². The molecule has 2 amide bonds. The average Bonchev–Trinajstić information content (AvgIpc) is 2.55. The van der Waals surface area contributed by atoms with Crippen molar-refractivity contribution in [3.8, 4) is 5.75 Å². The largest absolute Gasteiger partial charge is 0.507 e. The van der Waals surface area contributed by atoms with Crippen molar-refractivity contribution >= 4 is 62.8 Å². The van der Waals surface area contributed by atoms with Gasteiger partial charge in [-0.2, -0.15) is 5.10 Å². The number of hydrogen-bond donors (Lipinski definition) is 3. The molecule has 2 aromatic carbocycles. The van der Waals surface area contributed by atoms with Crippen LogP contribution in [-0.2, 0) is 9.59 Å². The van der Waals surface area contributed by atoms with Crippen molar-refractivity contribution in [1.82, 2.24) is 5.43 Å². The Morgan fingerprint density at radius 3 is 2.72 bits per heavy atom. The second kappa shape index (κ2) is 8.84. The first kappa shape index (κ1) is 19.2. The number of anilines is 1. The third-order valence-electron chi connectivity index (χ3n) is 2.93. The summed E-state index contributed by atoms with van der Waals surface area (Å²) >= 11 is 15.1. The van der Waals surface area contributed by atoms with Crippen molar-refractivity contribution in [3.63, 3.8) is 0 Å². The number of carbonyl (C=O) groups excluding carboxylic acids is 2. The first-order chi connectivity index (χ1) is 11.9. The molecule has 0 heterocycles. The number of aromatic hydroxyl groups is 1. The number of nitrogens with zero attached hydrogens (tertiary/aromatic N) is 1. The van der Waals surface area contributed by atoms with Crippen LogP contribution < -0.4 is 10.7 Å². The first-order valence-corrected chi connectivity index (χ1v) is 8.46. The number of halogens is 3. The van der Waals surface area contributed by atoms with E-state index in [1.807, 2.05) is 0 Å². The van der Waals surface area contributed by atoms with Crippen LogP contribution in [-0.4, -0.2) is 23.1 Å². The number of phenols is 1. The Morgan fingerprint density at radius 1 is 1.20 bits per heavy atom. The minimum Gasteiger partial charge on any atom is -0.507 e. The number of carbonyl (C=O) groups is 2. The number of hydrogen-bond acceptors (Lipinski definition) is 4. The maximum Gasteiger partial charge on any atom is 0.249 e. The van der Waals surface area contributed by atoms with E-state index in [0.717, 1.165) is 4.47 Å². The van der Waals surface area contributed by atoms with Gasteiger partial charge in [0.1, 0.15) is 12.2 Å². The van der Waals surface area contributed by atoms with Gasteiger partial charge in [-0.15, -0.1) is 0 Å². The molecule has 0 bridgehead atoms. The topological polar surface area (TPSA) is 90.8 Å². The molecular formula is C16H12BrCl2N3O3. The molecule has 0 saturated carbocycles. The van der Waals surface area contributed by atoms with Crippen LogP contribution in [0.3, 0.4) is 0 Å². The van der Waals surface area contributed by atoms with Gasteiger partial charge in [-0.3, -0.25) is 9.59 Å². The van der Waals surface area contributed by atoms with Crippen molar-refractivity contribution in [1.29, 1.82) is 0 Å². The summed E-state index contributed by atoms with van der Waals surface area (Å²) in [6.45, 7) is 0. The summed E-state index contributed by atoms with van der Waals surface area (Å²) in [5.41, 5.74) is 2.93. The number of nitrogens with one attached hydrogen (secondary N) is 2. The van der Waals surface area contributed by atoms with Crippen LogP contribution in [0.15, 0.2) is 46.0 Å². The van der Waals surface area contributed by atoms with Crippen molar-refractivity contribution in [2.24, 2.45) is 5.10 Å². The smallest absolute Gasteiger partial charge is 0.249 e. The highest BCUT2D eigenvalue weighted by molar-refractivity contribution is 9.10. The van der Waals surface area contributed by atoms with Crippen molar-refractivity contribution in [2.45, 2.75) is 6.42 Å². The minimum absolute atomic E-state index is 0.00883. The molecule has 0 saturated heterocycles. The third-order valence-corrected chi connectivity index (χ3v) is 4.24. The van der Waals surface area contributed by atoms with Gasteiger partial charge < -0.3 is 10.4 Å². The Morgan fingerprint density at radius 2 is 1.96 bits per heavy atom. The van der Waals surface area contributed by atoms with Gasteiger partial charge in [0.15, 0.2) is 0 Å². The van der Waals surface area contributed by atoms with Crippen LogP contribution in [0.25, 0.3) is 0 Å². The van der Waals surface area contributed by atoms with Crippen LogP contribution in [0, 0.1) is 0 Å². The van der Waals surface area contributed by atoms with Crippen molar-refractivity contribution in [2.75, 3.05) is 5.32 Å². The summed E-state index contributed by atoms with van der Waals surface area (Å²) in [5.74, 6) is -1.18. The lowest BCUT2D eigenvalue weighted by molar-refractivity contribution is -0.126. The molecule has 130 valence electrons.